The van der Waals surface area contributed by atoms with Crippen molar-refractivity contribution < 1.29 is 9.90 Å². The molecule has 16 heavy (non-hydrogen) atoms. The van der Waals surface area contributed by atoms with E-state index in [1.54, 1.807) is 0 Å². The molecule has 0 fully saturated rings. The quantitative estimate of drug-likeness (QED) is 0.684. The van der Waals surface area contributed by atoms with Gasteiger partial charge in [0.1, 0.15) is 6.04 Å². The highest BCUT2D eigenvalue weighted by atomic mass is 16.4. The van der Waals surface area contributed by atoms with Crippen LogP contribution in [0.1, 0.15) is 26.7 Å². The van der Waals surface area contributed by atoms with Crippen LogP contribution in [0.4, 0.5) is 0 Å². The third-order valence-corrected chi connectivity index (χ3v) is 2.63. The Morgan fingerprint density at radius 1 is 1.19 bits per heavy atom. The van der Waals surface area contributed by atoms with Gasteiger partial charge in [0.25, 0.3) is 0 Å². The van der Waals surface area contributed by atoms with Gasteiger partial charge in [-0.15, -0.1) is 0 Å². The fourth-order valence-corrected chi connectivity index (χ4v) is 1.71. The molecule has 0 heterocycles. The molecular formula is C12H26N2O2. The van der Waals surface area contributed by atoms with Crippen molar-refractivity contribution in [3.8, 4) is 0 Å². The van der Waals surface area contributed by atoms with Crippen LogP contribution in [0.5, 0.6) is 0 Å². The van der Waals surface area contributed by atoms with Crippen molar-refractivity contribution in [1.29, 1.82) is 0 Å². The highest BCUT2D eigenvalue weighted by molar-refractivity contribution is 5.73. The minimum atomic E-state index is -0.707. The summed E-state index contributed by atoms with van der Waals surface area (Å²) in [6, 6.07) is -0.345. The Labute approximate surface area is 99.2 Å². The van der Waals surface area contributed by atoms with Gasteiger partial charge >= 0.3 is 5.97 Å². The lowest BCUT2D eigenvalue weighted by Gasteiger charge is -2.26. The van der Waals surface area contributed by atoms with Gasteiger partial charge in [-0.2, -0.15) is 0 Å². The summed E-state index contributed by atoms with van der Waals surface area (Å²) in [7, 11) is 5.96. The van der Waals surface area contributed by atoms with Gasteiger partial charge in [-0.05, 0) is 53.0 Å². The summed E-state index contributed by atoms with van der Waals surface area (Å²) in [6.07, 6.45) is 1.72. The molecule has 0 aromatic carbocycles. The minimum Gasteiger partial charge on any atom is -0.480 e. The molecule has 0 aromatic heterocycles. The zero-order valence-electron chi connectivity index (χ0n) is 11.2. The van der Waals surface area contributed by atoms with E-state index in [0.29, 0.717) is 12.3 Å². The molecule has 0 aliphatic heterocycles. The molecule has 0 spiro atoms. The van der Waals surface area contributed by atoms with Crippen LogP contribution in [0.3, 0.4) is 0 Å². The maximum atomic E-state index is 11.1. The maximum Gasteiger partial charge on any atom is 0.320 e. The third-order valence-electron chi connectivity index (χ3n) is 2.63. The van der Waals surface area contributed by atoms with E-state index in [4.69, 9.17) is 5.11 Å². The normalized spacial score (nSPS) is 13.8. The molecule has 1 atom stereocenters. The van der Waals surface area contributed by atoms with Gasteiger partial charge in [-0.1, -0.05) is 13.8 Å². The average molecular weight is 230 g/mol. The molecule has 1 unspecified atom stereocenters. The molecule has 4 nitrogen and oxygen atoms in total. The highest BCUT2D eigenvalue weighted by Crippen LogP contribution is 2.11. The van der Waals surface area contributed by atoms with Gasteiger partial charge < -0.3 is 10.0 Å². The number of aliphatic carboxylic acids is 1. The summed E-state index contributed by atoms with van der Waals surface area (Å²) in [4.78, 5) is 15.2. The van der Waals surface area contributed by atoms with Crippen molar-refractivity contribution in [2.45, 2.75) is 32.7 Å². The van der Waals surface area contributed by atoms with Crippen molar-refractivity contribution in [2.75, 3.05) is 34.2 Å². The minimum absolute atomic E-state index is 0.345. The van der Waals surface area contributed by atoms with Crippen LogP contribution < -0.4 is 0 Å². The van der Waals surface area contributed by atoms with Crippen molar-refractivity contribution in [3.63, 3.8) is 0 Å². The Kier molecular flexibility index (Phi) is 7.34. The summed E-state index contributed by atoms with van der Waals surface area (Å²) >= 11 is 0. The fraction of sp³-hybridized carbons (Fsp3) is 0.917. The van der Waals surface area contributed by atoms with Gasteiger partial charge in [0.2, 0.25) is 0 Å². The third kappa shape index (κ3) is 6.80. The zero-order chi connectivity index (χ0) is 12.7. The van der Waals surface area contributed by atoms with Crippen molar-refractivity contribution in [2.24, 2.45) is 5.92 Å². The van der Waals surface area contributed by atoms with Crippen LogP contribution in [0, 0.1) is 5.92 Å². The smallest absolute Gasteiger partial charge is 0.320 e. The molecule has 0 rings (SSSR count). The number of hydrogen-bond acceptors (Lipinski definition) is 3. The predicted octanol–water partition coefficient (Wildman–Crippen LogP) is 1.37. The second-order valence-electron chi connectivity index (χ2n) is 5.12. The van der Waals surface area contributed by atoms with Gasteiger partial charge in [-0.25, -0.2) is 0 Å². The van der Waals surface area contributed by atoms with Crippen LogP contribution in [0.2, 0.25) is 0 Å². The number of nitrogens with zero attached hydrogens (tertiary/aromatic N) is 2. The topological polar surface area (TPSA) is 43.8 Å². The molecule has 0 aliphatic carbocycles. The Morgan fingerprint density at radius 2 is 1.75 bits per heavy atom. The summed E-state index contributed by atoms with van der Waals surface area (Å²) < 4.78 is 0. The fourth-order valence-electron chi connectivity index (χ4n) is 1.71. The molecule has 0 saturated carbocycles. The van der Waals surface area contributed by atoms with Crippen LogP contribution in [0.25, 0.3) is 0 Å². The Bertz CT molecular complexity index is 205. The predicted molar refractivity (Wildman–Crippen MR) is 66.7 cm³/mol. The first-order chi connectivity index (χ1) is 7.34. The molecule has 96 valence electrons. The molecule has 0 amide bonds. The van der Waals surface area contributed by atoms with E-state index < -0.39 is 5.97 Å². The van der Waals surface area contributed by atoms with E-state index in [1.807, 2.05) is 26.0 Å². The first kappa shape index (κ1) is 15.4. The second kappa shape index (κ2) is 7.63. The van der Waals surface area contributed by atoms with Gasteiger partial charge in [0.05, 0.1) is 0 Å². The highest BCUT2D eigenvalue weighted by Gasteiger charge is 2.22. The number of carboxylic acid groups (broad SMARTS) is 1. The summed E-state index contributed by atoms with van der Waals surface area (Å²) in [6.45, 7) is 5.95. The van der Waals surface area contributed by atoms with Crippen LogP contribution >= 0.6 is 0 Å². The monoisotopic (exact) mass is 230 g/mol. The Hall–Kier alpha value is -0.610. The number of carbonyl (C=O) groups is 1. The first-order valence-corrected chi connectivity index (χ1v) is 5.92. The summed E-state index contributed by atoms with van der Waals surface area (Å²) in [5.41, 5.74) is 0. The molecule has 4 heteroatoms. The lowest BCUT2D eigenvalue weighted by atomic mass is 10.0. The lowest BCUT2D eigenvalue weighted by molar-refractivity contribution is -0.143. The van der Waals surface area contributed by atoms with Gasteiger partial charge in [-0.3, -0.25) is 9.69 Å². The van der Waals surface area contributed by atoms with Crippen molar-refractivity contribution in [1.82, 2.24) is 9.80 Å². The standard InChI is InChI=1S/C12H26N2O2/c1-10(2)9-11(12(15)16)14(5)8-6-7-13(3)4/h10-11H,6-9H2,1-5H3,(H,15,16). The SMILES string of the molecule is CC(C)CC(C(=O)O)N(C)CCCN(C)C. The van der Waals surface area contributed by atoms with Crippen LogP contribution in [-0.4, -0.2) is 61.2 Å². The lowest BCUT2D eigenvalue weighted by Crippen LogP contribution is -2.40. The number of hydrogen-bond donors (Lipinski definition) is 1. The van der Waals surface area contributed by atoms with E-state index in [-0.39, 0.29) is 6.04 Å². The Balaban J connectivity index is 4.07. The van der Waals surface area contributed by atoms with Gasteiger partial charge in [0, 0.05) is 0 Å². The van der Waals surface area contributed by atoms with Crippen molar-refractivity contribution in [3.05, 3.63) is 0 Å². The molecule has 0 aromatic rings. The zero-order valence-corrected chi connectivity index (χ0v) is 11.2. The maximum absolute atomic E-state index is 11.1. The van der Waals surface area contributed by atoms with Crippen molar-refractivity contribution >= 4 is 5.97 Å². The van der Waals surface area contributed by atoms with E-state index in [2.05, 4.69) is 18.7 Å². The molecule has 0 aliphatic rings. The summed E-state index contributed by atoms with van der Waals surface area (Å²) in [5, 5.41) is 9.15. The largest absolute Gasteiger partial charge is 0.480 e. The summed E-state index contributed by atoms with van der Waals surface area (Å²) in [5.74, 6) is -0.293. The molecule has 0 radical (unpaired) electrons. The molecule has 0 bridgehead atoms. The van der Waals surface area contributed by atoms with E-state index in [0.717, 1.165) is 19.5 Å². The number of rotatable bonds is 8. The molecular weight excluding hydrogens is 204 g/mol. The molecule has 1 N–H and O–H groups in total. The average Bonchev–Trinajstić information content (AvgIpc) is 2.12. The van der Waals surface area contributed by atoms with Crippen LogP contribution in [0.15, 0.2) is 0 Å². The van der Waals surface area contributed by atoms with E-state index >= 15 is 0 Å². The second-order valence-corrected chi connectivity index (χ2v) is 5.12. The Morgan fingerprint density at radius 3 is 2.12 bits per heavy atom. The molecule has 0 saturated heterocycles. The van der Waals surface area contributed by atoms with Crippen LogP contribution in [-0.2, 0) is 4.79 Å². The van der Waals surface area contributed by atoms with E-state index in [1.165, 1.54) is 0 Å². The number of likely N-dealkylation sites (N-methyl/N-ethyl adjacent to an activating group) is 1. The number of carboxylic acids is 1. The first-order valence-electron chi connectivity index (χ1n) is 5.92. The van der Waals surface area contributed by atoms with Gasteiger partial charge in [0.15, 0.2) is 0 Å². The van der Waals surface area contributed by atoms with E-state index in [9.17, 15) is 4.79 Å².